The molecular weight excluding hydrogens is 404 g/mol. The number of amides is 2. The van der Waals surface area contributed by atoms with Crippen molar-refractivity contribution in [1.82, 2.24) is 19.7 Å². The molecule has 2 aromatic carbocycles. The van der Waals surface area contributed by atoms with E-state index < -0.39 is 0 Å². The molecule has 0 saturated carbocycles. The maximum absolute atomic E-state index is 11.6. The van der Waals surface area contributed by atoms with Gasteiger partial charge in [-0.2, -0.15) is 0 Å². The average Bonchev–Trinajstić information content (AvgIpc) is 3.25. The number of carbonyl (C=O) groups is 1. The number of imidazole rings is 1. The third-order valence-electron chi connectivity index (χ3n) is 5.29. The van der Waals surface area contributed by atoms with Crippen LogP contribution < -0.4 is 16.0 Å². The summed E-state index contributed by atoms with van der Waals surface area (Å²) in [5.74, 6) is 0.692. The van der Waals surface area contributed by atoms with E-state index >= 15 is 0 Å². The van der Waals surface area contributed by atoms with Gasteiger partial charge < -0.3 is 20.7 Å². The fourth-order valence-corrected chi connectivity index (χ4v) is 3.63. The lowest BCUT2D eigenvalue weighted by atomic mass is 10.1. The molecule has 0 bridgehead atoms. The van der Waals surface area contributed by atoms with Crippen LogP contribution in [0.5, 0.6) is 0 Å². The molecule has 4 rings (SSSR count). The molecule has 0 aliphatic rings. The number of ether oxygens (including phenoxy) is 1. The topological polar surface area (TPSA) is 92.6 Å². The van der Waals surface area contributed by atoms with Crippen LogP contribution in [0.3, 0.4) is 0 Å². The SMILES string of the molecule is C=Cc1cc2nc(NCCOC)c3ncc(-c4ccc(NC(=O)NC)cc4)n3c2cc1C. The highest BCUT2D eigenvalue weighted by molar-refractivity contribution is 5.90. The Morgan fingerprint density at radius 1 is 1.25 bits per heavy atom. The van der Waals surface area contributed by atoms with E-state index in [0.29, 0.717) is 24.7 Å². The maximum atomic E-state index is 11.6. The van der Waals surface area contributed by atoms with Crippen molar-refractivity contribution in [2.45, 2.75) is 6.92 Å². The molecule has 2 heterocycles. The van der Waals surface area contributed by atoms with Crippen molar-refractivity contribution in [3.8, 4) is 11.3 Å². The van der Waals surface area contributed by atoms with Gasteiger partial charge in [-0.1, -0.05) is 24.8 Å². The first-order chi connectivity index (χ1) is 15.5. The molecule has 164 valence electrons. The van der Waals surface area contributed by atoms with E-state index in [2.05, 4.69) is 44.9 Å². The molecular formula is C24H26N6O2. The van der Waals surface area contributed by atoms with E-state index in [-0.39, 0.29) is 6.03 Å². The van der Waals surface area contributed by atoms with Crippen LogP contribution in [0.25, 0.3) is 34.0 Å². The van der Waals surface area contributed by atoms with Crippen molar-refractivity contribution in [1.29, 1.82) is 0 Å². The molecule has 2 aromatic heterocycles. The molecule has 8 nitrogen and oxygen atoms in total. The summed E-state index contributed by atoms with van der Waals surface area (Å²) in [5.41, 5.74) is 7.30. The van der Waals surface area contributed by atoms with Crippen LogP contribution in [0.1, 0.15) is 11.1 Å². The summed E-state index contributed by atoms with van der Waals surface area (Å²) in [5, 5.41) is 8.66. The standard InChI is InChI=1S/C24H26N6O2/c1-5-16-13-19-20(12-15(16)2)30-21(14-27-23(30)22(29-19)26-10-11-32-4)17-6-8-18(9-7-17)28-24(31)25-3/h5-9,12-14H,1,10-11H2,2-4H3,(H,26,29)(H2,25,28,31). The average molecular weight is 431 g/mol. The molecule has 0 atom stereocenters. The van der Waals surface area contributed by atoms with E-state index in [1.165, 1.54) is 0 Å². The van der Waals surface area contributed by atoms with E-state index in [1.807, 2.05) is 42.6 Å². The molecule has 0 radical (unpaired) electrons. The number of fused-ring (bicyclic) bond motifs is 3. The van der Waals surface area contributed by atoms with Crippen molar-refractivity contribution in [3.63, 3.8) is 0 Å². The second-order valence-corrected chi connectivity index (χ2v) is 7.37. The fraction of sp³-hybridized carbons (Fsp3) is 0.208. The van der Waals surface area contributed by atoms with Gasteiger partial charge in [0.05, 0.1) is 29.5 Å². The van der Waals surface area contributed by atoms with Gasteiger partial charge in [-0.15, -0.1) is 0 Å². The predicted molar refractivity (Wildman–Crippen MR) is 129 cm³/mol. The molecule has 8 heteroatoms. The molecule has 0 unspecified atom stereocenters. The third kappa shape index (κ3) is 4.00. The highest BCUT2D eigenvalue weighted by Gasteiger charge is 2.16. The van der Waals surface area contributed by atoms with E-state index in [0.717, 1.165) is 39.1 Å². The number of nitrogens with one attached hydrogen (secondary N) is 3. The van der Waals surface area contributed by atoms with Gasteiger partial charge in [-0.25, -0.2) is 14.8 Å². The Labute approximate surface area is 186 Å². The van der Waals surface area contributed by atoms with Gasteiger partial charge in [0, 0.05) is 32.0 Å². The van der Waals surface area contributed by atoms with Gasteiger partial charge in [0.1, 0.15) is 0 Å². The number of hydrogen-bond donors (Lipinski definition) is 3. The van der Waals surface area contributed by atoms with Crippen molar-refractivity contribution in [2.75, 3.05) is 37.9 Å². The first-order valence-electron chi connectivity index (χ1n) is 10.3. The number of methoxy groups -OCH3 is 1. The van der Waals surface area contributed by atoms with Crippen molar-refractivity contribution >= 4 is 40.3 Å². The second-order valence-electron chi connectivity index (χ2n) is 7.37. The van der Waals surface area contributed by atoms with Gasteiger partial charge in [-0.05, 0) is 42.3 Å². The lowest BCUT2D eigenvalue weighted by molar-refractivity contribution is 0.210. The molecule has 0 aliphatic carbocycles. The number of urea groups is 1. The Bertz CT molecular complexity index is 1290. The number of carbonyl (C=O) groups excluding carboxylic acids is 1. The Balaban J connectivity index is 1.88. The van der Waals surface area contributed by atoms with Gasteiger partial charge in [0.2, 0.25) is 0 Å². The predicted octanol–water partition coefficient (Wildman–Crippen LogP) is 4.31. The van der Waals surface area contributed by atoms with Gasteiger partial charge in [0.25, 0.3) is 0 Å². The quantitative estimate of drug-likeness (QED) is 0.380. The molecule has 0 fully saturated rings. The smallest absolute Gasteiger partial charge is 0.318 e. The summed E-state index contributed by atoms with van der Waals surface area (Å²) in [6, 6.07) is 11.5. The summed E-state index contributed by atoms with van der Waals surface area (Å²) in [4.78, 5) is 21.1. The zero-order valence-electron chi connectivity index (χ0n) is 18.4. The lowest BCUT2D eigenvalue weighted by Crippen LogP contribution is -2.24. The lowest BCUT2D eigenvalue weighted by Gasteiger charge is -2.13. The molecule has 0 saturated heterocycles. The minimum absolute atomic E-state index is 0.259. The summed E-state index contributed by atoms with van der Waals surface area (Å²) in [6.07, 6.45) is 3.68. The number of aryl methyl sites for hydroxylation is 1. The van der Waals surface area contributed by atoms with Crippen molar-refractivity contribution in [3.05, 3.63) is 60.3 Å². The Morgan fingerprint density at radius 3 is 2.72 bits per heavy atom. The van der Waals surface area contributed by atoms with Crippen molar-refractivity contribution < 1.29 is 9.53 Å². The normalized spacial score (nSPS) is 11.0. The zero-order valence-corrected chi connectivity index (χ0v) is 18.4. The Kier molecular flexibility index (Phi) is 6.04. The minimum atomic E-state index is -0.259. The fourth-order valence-electron chi connectivity index (χ4n) is 3.63. The van der Waals surface area contributed by atoms with Crippen molar-refractivity contribution in [2.24, 2.45) is 0 Å². The second kappa shape index (κ2) is 9.07. The summed E-state index contributed by atoms with van der Waals surface area (Å²) >= 11 is 0. The van der Waals surface area contributed by atoms with Gasteiger partial charge >= 0.3 is 6.03 Å². The van der Waals surface area contributed by atoms with Crippen LogP contribution in [-0.4, -0.2) is 47.7 Å². The zero-order chi connectivity index (χ0) is 22.7. The number of rotatable bonds is 7. The largest absolute Gasteiger partial charge is 0.383 e. The number of anilines is 2. The highest BCUT2D eigenvalue weighted by atomic mass is 16.5. The number of aromatic nitrogens is 3. The molecule has 32 heavy (non-hydrogen) atoms. The highest BCUT2D eigenvalue weighted by Crippen LogP contribution is 2.30. The van der Waals surface area contributed by atoms with E-state index in [1.54, 1.807) is 14.2 Å². The summed E-state index contributed by atoms with van der Waals surface area (Å²) < 4.78 is 7.28. The Hall–Kier alpha value is -3.91. The summed E-state index contributed by atoms with van der Waals surface area (Å²) in [7, 11) is 3.25. The van der Waals surface area contributed by atoms with Gasteiger partial charge in [-0.3, -0.25) is 4.40 Å². The van der Waals surface area contributed by atoms with E-state index in [4.69, 9.17) is 9.72 Å². The molecule has 2 amide bonds. The third-order valence-corrected chi connectivity index (χ3v) is 5.29. The van der Waals surface area contributed by atoms with Crippen LogP contribution in [0, 0.1) is 6.92 Å². The molecule has 3 N–H and O–H groups in total. The van der Waals surface area contributed by atoms with Crippen LogP contribution in [-0.2, 0) is 4.74 Å². The van der Waals surface area contributed by atoms with Crippen LogP contribution >= 0.6 is 0 Å². The van der Waals surface area contributed by atoms with Gasteiger partial charge in [0.15, 0.2) is 11.5 Å². The van der Waals surface area contributed by atoms with Crippen LogP contribution in [0.15, 0.2) is 49.2 Å². The number of nitrogens with zero attached hydrogens (tertiary/aromatic N) is 3. The van der Waals surface area contributed by atoms with Crippen LogP contribution in [0.2, 0.25) is 0 Å². The summed E-state index contributed by atoms with van der Waals surface area (Å²) in [6.45, 7) is 7.16. The maximum Gasteiger partial charge on any atom is 0.318 e. The molecule has 0 spiro atoms. The first-order valence-corrected chi connectivity index (χ1v) is 10.3. The van der Waals surface area contributed by atoms with Crippen LogP contribution in [0.4, 0.5) is 16.3 Å². The number of benzene rings is 2. The first kappa shape index (κ1) is 21.3. The van der Waals surface area contributed by atoms with E-state index in [9.17, 15) is 4.79 Å². The minimum Gasteiger partial charge on any atom is -0.383 e. The molecule has 0 aliphatic heterocycles. The monoisotopic (exact) mass is 430 g/mol. The molecule has 4 aromatic rings. The Morgan fingerprint density at radius 2 is 2.03 bits per heavy atom. The number of hydrogen-bond acceptors (Lipinski definition) is 5.